The Kier molecular flexibility index (Phi) is 8.71. The van der Waals surface area contributed by atoms with Gasteiger partial charge in [-0.05, 0) is 35.9 Å². The number of carbonyl (C=O) groups is 1. The topological polar surface area (TPSA) is 260 Å². The highest BCUT2D eigenvalue weighted by atomic mass is 127. The fourth-order valence-electron chi connectivity index (χ4n) is 3.10. The molecule has 1 fully saturated rings. The first-order valence-corrected chi connectivity index (χ1v) is 13.1. The molecule has 0 spiro atoms. The summed E-state index contributed by atoms with van der Waals surface area (Å²) in [5.74, 6) is -2.01. The van der Waals surface area contributed by atoms with Gasteiger partial charge in [-0.2, -0.15) is 0 Å². The molecule has 0 amide bonds. The number of esters is 1. The number of rotatable bonds is 1. The van der Waals surface area contributed by atoms with E-state index in [0.717, 1.165) is 0 Å². The van der Waals surface area contributed by atoms with Crippen LogP contribution >= 0.6 is 90.4 Å². The highest BCUT2D eigenvalue weighted by molar-refractivity contribution is 14.1. The Morgan fingerprint density at radius 1 is 1.03 bits per heavy atom. The first kappa shape index (κ1) is 29.8. The highest BCUT2D eigenvalue weighted by Crippen LogP contribution is 2.48. The number of nitrogens with two attached hydrogens (primary N) is 9. The van der Waals surface area contributed by atoms with Gasteiger partial charge in [0.15, 0.2) is 9.27 Å². The maximum atomic E-state index is 13.0. The summed E-state index contributed by atoms with van der Waals surface area (Å²) < 4.78 is 0.997. The van der Waals surface area contributed by atoms with E-state index in [9.17, 15) is 4.79 Å². The maximum Gasteiger partial charge on any atom is 0.345 e. The van der Waals surface area contributed by atoms with Crippen LogP contribution in [0.3, 0.4) is 0 Å². The minimum atomic E-state index is -2.43. The van der Waals surface area contributed by atoms with Crippen LogP contribution in [-0.4, -0.2) is 43.1 Å². The predicted molar refractivity (Wildman–Crippen MR) is 152 cm³/mol. The summed E-state index contributed by atoms with van der Waals surface area (Å²) in [5, 5.41) is 0. The number of cyclic esters (lactones) is 1. The second-order valence-corrected chi connectivity index (χ2v) is 15.4. The van der Waals surface area contributed by atoms with E-state index < -0.39 is 49.0 Å². The number of carbonyl (C=O) groups excluding carboxylic acids is 1. The lowest BCUT2D eigenvalue weighted by atomic mass is 9.68. The molecule has 0 aliphatic carbocycles. The van der Waals surface area contributed by atoms with Crippen LogP contribution in [-0.2, 0) is 9.53 Å². The Bertz CT molecular complexity index is 714. The summed E-state index contributed by atoms with van der Waals surface area (Å²) in [4.78, 5) is 13.0. The molecule has 0 aromatic carbocycles. The first-order chi connectivity index (χ1) is 13.0. The van der Waals surface area contributed by atoms with Crippen molar-refractivity contribution >= 4 is 96.3 Å². The van der Waals surface area contributed by atoms with E-state index in [4.69, 9.17) is 56.3 Å². The predicted octanol–water partition coefficient (Wildman–Crippen LogP) is -1.57. The van der Waals surface area contributed by atoms with Crippen LogP contribution in [0.15, 0.2) is 12.7 Å². The molecule has 6 atom stereocenters. The van der Waals surface area contributed by atoms with E-state index in [2.05, 4.69) is 29.2 Å². The molecule has 1 heterocycles. The number of hydrogen-bond donors (Lipinski definition) is 9. The Balaban J connectivity index is 3.92. The first-order valence-electron chi connectivity index (χ1n) is 8.65. The Morgan fingerprint density at radius 2 is 1.47 bits per heavy atom. The molecule has 0 bridgehead atoms. The van der Waals surface area contributed by atoms with Crippen molar-refractivity contribution in [2.24, 2.45) is 57.5 Å². The molecular formula is C15H31I4N9O2. The van der Waals surface area contributed by atoms with Crippen LogP contribution in [0.5, 0.6) is 0 Å². The van der Waals surface area contributed by atoms with Gasteiger partial charge in [-0.15, -0.1) is 6.58 Å². The van der Waals surface area contributed by atoms with Gasteiger partial charge in [0, 0.05) is 9.84 Å². The average molecular weight is 877 g/mol. The van der Waals surface area contributed by atoms with Crippen molar-refractivity contribution < 1.29 is 9.53 Å². The van der Waals surface area contributed by atoms with Gasteiger partial charge in [-0.3, -0.25) is 0 Å². The molecular weight excluding hydrogens is 846 g/mol. The third-order valence-electron chi connectivity index (χ3n) is 6.11. The van der Waals surface area contributed by atoms with Crippen LogP contribution in [0.1, 0.15) is 20.3 Å². The molecule has 15 heteroatoms. The largest absolute Gasteiger partial charge is 0.443 e. The van der Waals surface area contributed by atoms with E-state index in [0.29, 0.717) is 0 Å². The van der Waals surface area contributed by atoms with Crippen molar-refractivity contribution in [3.05, 3.63) is 12.7 Å². The van der Waals surface area contributed by atoms with E-state index in [1.807, 2.05) is 45.2 Å². The Labute approximate surface area is 231 Å². The molecule has 18 N–H and O–H groups in total. The van der Waals surface area contributed by atoms with Crippen molar-refractivity contribution in [2.45, 2.75) is 57.4 Å². The van der Waals surface area contributed by atoms with Crippen molar-refractivity contribution in [1.82, 2.24) is 0 Å². The number of halogens is 4. The third-order valence-corrected chi connectivity index (χ3v) is 13.1. The Morgan fingerprint density at radius 3 is 1.87 bits per heavy atom. The monoisotopic (exact) mass is 877 g/mol. The molecule has 6 unspecified atom stereocenters. The highest BCUT2D eigenvalue weighted by Gasteiger charge is 2.66. The average Bonchev–Trinajstić information content (AvgIpc) is 2.57. The van der Waals surface area contributed by atoms with Crippen molar-refractivity contribution in [2.75, 3.05) is 0 Å². The standard InChI is InChI=1S/C15H31I4N9O2/c1-4-10(20)7(16)5-11(18,21)9(3,17)30-8(29)14(25,26)15(27,28)12(19,22)6(2)13(10,23)24/h4,6-7H,1,5,20-28H2,2-3H3. The molecule has 0 radical (unpaired) electrons. The molecule has 1 rings (SSSR count). The van der Waals surface area contributed by atoms with E-state index >= 15 is 0 Å². The normalized spacial score (nSPS) is 46.8. The van der Waals surface area contributed by atoms with Crippen LogP contribution in [0, 0.1) is 5.92 Å². The number of ether oxygens (including phenoxy) is 1. The molecule has 176 valence electrons. The second kappa shape index (κ2) is 8.77. The van der Waals surface area contributed by atoms with E-state index in [1.165, 1.54) is 6.08 Å². The zero-order chi connectivity index (χ0) is 24.4. The van der Waals surface area contributed by atoms with Crippen LogP contribution in [0.4, 0.5) is 0 Å². The summed E-state index contributed by atoms with van der Waals surface area (Å²) in [5.41, 5.74) is 50.1. The smallest absolute Gasteiger partial charge is 0.345 e. The molecule has 30 heavy (non-hydrogen) atoms. The lowest BCUT2D eigenvalue weighted by Crippen LogP contribution is -2.92. The van der Waals surface area contributed by atoms with Gasteiger partial charge in [0.2, 0.25) is 0 Å². The van der Waals surface area contributed by atoms with Crippen molar-refractivity contribution in [3.63, 3.8) is 0 Å². The zero-order valence-electron chi connectivity index (χ0n) is 16.7. The minimum absolute atomic E-state index is 0.226. The summed E-state index contributed by atoms with van der Waals surface area (Å²) in [6.45, 7) is 7.04. The lowest BCUT2D eigenvalue weighted by molar-refractivity contribution is -0.162. The summed E-state index contributed by atoms with van der Waals surface area (Å²) in [7, 11) is 0. The Hall–Kier alpha value is 1.77. The molecule has 0 saturated carbocycles. The van der Waals surface area contributed by atoms with Gasteiger partial charge in [0.05, 0.1) is 11.2 Å². The molecule has 0 aromatic rings. The van der Waals surface area contributed by atoms with Gasteiger partial charge >= 0.3 is 5.97 Å². The maximum absolute atomic E-state index is 13.0. The van der Waals surface area contributed by atoms with Crippen LogP contribution < -0.4 is 51.6 Å². The summed E-state index contributed by atoms with van der Waals surface area (Å²) in [6.07, 6.45) is 1.68. The van der Waals surface area contributed by atoms with Gasteiger partial charge in [0.1, 0.15) is 12.8 Å². The van der Waals surface area contributed by atoms with Gasteiger partial charge in [-0.25, -0.2) is 4.79 Å². The lowest BCUT2D eigenvalue weighted by Gasteiger charge is -2.58. The molecule has 11 nitrogen and oxygen atoms in total. The third kappa shape index (κ3) is 4.41. The van der Waals surface area contributed by atoms with Crippen molar-refractivity contribution in [1.29, 1.82) is 0 Å². The van der Waals surface area contributed by atoms with Gasteiger partial charge < -0.3 is 56.3 Å². The molecule has 1 aliphatic heterocycles. The quantitative estimate of drug-likeness (QED) is 0.0363. The fraction of sp³-hybridized carbons (Fsp3) is 0.800. The van der Waals surface area contributed by atoms with Crippen LogP contribution in [0.25, 0.3) is 0 Å². The molecule has 1 saturated heterocycles. The molecule has 1 aliphatic rings. The van der Waals surface area contributed by atoms with E-state index in [1.54, 1.807) is 36.4 Å². The number of alkyl halides is 4. The van der Waals surface area contributed by atoms with E-state index in [-0.39, 0.29) is 6.42 Å². The van der Waals surface area contributed by atoms with Gasteiger partial charge in [0.25, 0.3) is 0 Å². The van der Waals surface area contributed by atoms with Crippen molar-refractivity contribution in [3.8, 4) is 0 Å². The second-order valence-electron chi connectivity index (χ2n) is 8.14. The van der Waals surface area contributed by atoms with Gasteiger partial charge in [-0.1, -0.05) is 80.8 Å². The SMILES string of the molecule is C=CC1(N)C(I)CC(N)(I)C(C)(I)OC(=O)C(N)(N)C(N)(N)C(N)(I)C(C)C1(N)N. The zero-order valence-corrected chi connectivity index (χ0v) is 25.3. The van der Waals surface area contributed by atoms with Crippen LogP contribution in [0.2, 0.25) is 0 Å². The molecule has 0 aromatic heterocycles. The minimum Gasteiger partial charge on any atom is -0.443 e. The fourth-order valence-corrected chi connectivity index (χ4v) is 7.36. The summed E-state index contributed by atoms with van der Waals surface area (Å²) in [6, 6.07) is 0. The number of hydrogen-bond acceptors (Lipinski definition) is 11. The summed E-state index contributed by atoms with van der Waals surface area (Å²) >= 11 is 7.72.